The van der Waals surface area contributed by atoms with E-state index in [0.29, 0.717) is 0 Å². The molecule has 84 valence electrons. The molecule has 4 nitrogen and oxygen atoms in total. The highest BCUT2D eigenvalue weighted by atomic mass is 79.9. The Bertz CT molecular complexity index is 467. The lowest BCUT2D eigenvalue weighted by Crippen LogP contribution is -2.13. The summed E-state index contributed by atoms with van der Waals surface area (Å²) in [6, 6.07) is 7.99. The molecule has 0 aliphatic rings. The van der Waals surface area contributed by atoms with Crippen LogP contribution in [0.5, 0.6) is 0 Å². The number of benzene rings is 1. The molecule has 0 saturated heterocycles. The molecule has 0 saturated carbocycles. The third-order valence-corrected chi connectivity index (χ3v) is 3.00. The maximum Gasteiger partial charge on any atom is 0.0808 e. The van der Waals surface area contributed by atoms with Crippen LogP contribution < -0.4 is 5.32 Å². The molecule has 0 amide bonds. The molecule has 16 heavy (non-hydrogen) atoms. The Hall–Kier alpha value is -1.20. The van der Waals surface area contributed by atoms with Crippen LogP contribution in [0.3, 0.4) is 0 Å². The van der Waals surface area contributed by atoms with E-state index in [-0.39, 0.29) is 0 Å². The van der Waals surface area contributed by atoms with Gasteiger partial charge in [-0.25, -0.2) is 4.68 Å². The molecule has 2 rings (SSSR count). The van der Waals surface area contributed by atoms with Gasteiger partial charge in [-0.1, -0.05) is 17.3 Å². The summed E-state index contributed by atoms with van der Waals surface area (Å²) in [7, 11) is 1.94. The van der Waals surface area contributed by atoms with Crippen molar-refractivity contribution in [2.24, 2.45) is 0 Å². The minimum absolute atomic E-state index is 0.908. The minimum atomic E-state index is 0.908. The van der Waals surface area contributed by atoms with Gasteiger partial charge in [0.1, 0.15) is 0 Å². The molecule has 2 aromatic rings. The quantitative estimate of drug-likeness (QED) is 0.929. The number of rotatable bonds is 4. The van der Waals surface area contributed by atoms with E-state index < -0.39 is 0 Å². The second-order valence-corrected chi connectivity index (χ2v) is 4.30. The van der Waals surface area contributed by atoms with Crippen molar-refractivity contribution in [3.63, 3.8) is 0 Å². The molecular weight excluding hydrogens is 268 g/mol. The van der Waals surface area contributed by atoms with Crippen molar-refractivity contribution >= 4 is 15.9 Å². The van der Waals surface area contributed by atoms with E-state index in [1.54, 1.807) is 6.20 Å². The van der Waals surface area contributed by atoms with Gasteiger partial charge in [0.05, 0.1) is 17.6 Å². The predicted molar refractivity (Wildman–Crippen MR) is 66.7 cm³/mol. The van der Waals surface area contributed by atoms with Crippen molar-refractivity contribution in [3.05, 3.63) is 40.6 Å². The van der Waals surface area contributed by atoms with Gasteiger partial charge in [-0.15, -0.1) is 5.10 Å². The van der Waals surface area contributed by atoms with Gasteiger partial charge in [0.15, 0.2) is 0 Å². The van der Waals surface area contributed by atoms with Crippen LogP contribution in [0.25, 0.3) is 5.69 Å². The van der Waals surface area contributed by atoms with Crippen molar-refractivity contribution < 1.29 is 0 Å². The topological polar surface area (TPSA) is 42.7 Å². The second-order valence-electron chi connectivity index (χ2n) is 3.44. The minimum Gasteiger partial charge on any atom is -0.319 e. The van der Waals surface area contributed by atoms with Gasteiger partial charge in [0, 0.05) is 17.4 Å². The third-order valence-electron chi connectivity index (χ3n) is 2.33. The summed E-state index contributed by atoms with van der Waals surface area (Å²) in [5.74, 6) is 0. The van der Waals surface area contributed by atoms with E-state index in [0.717, 1.165) is 28.8 Å². The molecule has 0 atom stereocenters. The first-order valence-corrected chi connectivity index (χ1v) is 5.91. The molecule has 1 heterocycles. The summed E-state index contributed by atoms with van der Waals surface area (Å²) in [5.41, 5.74) is 2.12. The zero-order valence-corrected chi connectivity index (χ0v) is 10.6. The van der Waals surface area contributed by atoms with Crippen LogP contribution in [0, 0.1) is 0 Å². The molecular formula is C11H13BrN4. The van der Waals surface area contributed by atoms with Crippen molar-refractivity contribution in [1.82, 2.24) is 20.3 Å². The van der Waals surface area contributed by atoms with Crippen molar-refractivity contribution in [3.8, 4) is 5.69 Å². The summed E-state index contributed by atoms with van der Waals surface area (Å²) in [4.78, 5) is 0. The lowest BCUT2D eigenvalue weighted by atomic mass is 10.3. The third kappa shape index (κ3) is 2.31. The Morgan fingerprint density at radius 1 is 1.38 bits per heavy atom. The van der Waals surface area contributed by atoms with Crippen LogP contribution in [0.2, 0.25) is 0 Å². The number of nitrogens with one attached hydrogen (secondary N) is 1. The Morgan fingerprint density at radius 3 is 2.94 bits per heavy atom. The van der Waals surface area contributed by atoms with Gasteiger partial charge >= 0.3 is 0 Å². The van der Waals surface area contributed by atoms with Crippen LogP contribution >= 0.6 is 15.9 Å². The standard InChI is InChI=1S/C11H13BrN4/c1-13-7-6-9-8-14-15-16(9)11-5-3-2-4-10(11)12/h2-5,8,13H,6-7H2,1H3. The highest BCUT2D eigenvalue weighted by molar-refractivity contribution is 9.10. The summed E-state index contributed by atoms with van der Waals surface area (Å²) < 4.78 is 2.88. The summed E-state index contributed by atoms with van der Waals surface area (Å²) in [6.07, 6.45) is 2.71. The molecule has 0 aliphatic carbocycles. The summed E-state index contributed by atoms with van der Waals surface area (Å²) >= 11 is 3.52. The number of hydrogen-bond donors (Lipinski definition) is 1. The average molecular weight is 281 g/mol. The smallest absolute Gasteiger partial charge is 0.0808 e. The highest BCUT2D eigenvalue weighted by Gasteiger charge is 2.07. The number of aromatic nitrogens is 3. The first-order valence-electron chi connectivity index (χ1n) is 5.12. The molecule has 0 fully saturated rings. The van der Waals surface area contributed by atoms with Crippen molar-refractivity contribution in [2.45, 2.75) is 6.42 Å². The summed E-state index contributed by atoms with van der Waals surface area (Å²) in [5, 5.41) is 11.2. The molecule has 0 aliphatic heterocycles. The van der Waals surface area contributed by atoms with Gasteiger partial charge in [0.2, 0.25) is 0 Å². The van der Waals surface area contributed by atoms with E-state index in [2.05, 4.69) is 31.6 Å². The number of halogens is 1. The molecule has 1 aromatic heterocycles. The summed E-state index contributed by atoms with van der Waals surface area (Å²) in [6.45, 7) is 0.915. The maximum absolute atomic E-state index is 4.11. The fourth-order valence-electron chi connectivity index (χ4n) is 1.51. The first-order chi connectivity index (χ1) is 7.83. The molecule has 1 aromatic carbocycles. The fourth-order valence-corrected chi connectivity index (χ4v) is 1.96. The van der Waals surface area contributed by atoms with Gasteiger partial charge in [0.25, 0.3) is 0 Å². The van der Waals surface area contributed by atoms with Crippen LogP contribution in [0.15, 0.2) is 34.9 Å². The average Bonchev–Trinajstić information content (AvgIpc) is 2.75. The van der Waals surface area contributed by atoms with Gasteiger partial charge < -0.3 is 5.32 Å². The van der Waals surface area contributed by atoms with Crippen LogP contribution in [0.1, 0.15) is 5.69 Å². The SMILES string of the molecule is CNCCc1cnnn1-c1ccccc1Br. The van der Waals surface area contributed by atoms with Crippen LogP contribution in [-0.4, -0.2) is 28.6 Å². The van der Waals surface area contributed by atoms with E-state index in [1.165, 1.54) is 0 Å². The Labute approximate surface area is 103 Å². The maximum atomic E-state index is 4.11. The largest absolute Gasteiger partial charge is 0.319 e. The van der Waals surface area contributed by atoms with Crippen molar-refractivity contribution in [2.75, 3.05) is 13.6 Å². The second kappa shape index (κ2) is 5.23. The van der Waals surface area contributed by atoms with E-state index in [1.807, 2.05) is 36.0 Å². The predicted octanol–water partition coefficient (Wildman–Crippen LogP) is 1.79. The monoisotopic (exact) mass is 280 g/mol. The van der Waals surface area contributed by atoms with Gasteiger partial charge in [-0.2, -0.15) is 0 Å². The molecule has 1 N–H and O–H groups in total. The fraction of sp³-hybridized carbons (Fsp3) is 0.273. The highest BCUT2D eigenvalue weighted by Crippen LogP contribution is 2.20. The number of nitrogens with zero attached hydrogens (tertiary/aromatic N) is 3. The zero-order valence-electron chi connectivity index (χ0n) is 9.02. The number of hydrogen-bond acceptors (Lipinski definition) is 3. The molecule has 0 radical (unpaired) electrons. The Balaban J connectivity index is 2.33. The molecule has 0 unspecified atom stereocenters. The van der Waals surface area contributed by atoms with Gasteiger partial charge in [-0.3, -0.25) is 0 Å². The Morgan fingerprint density at radius 2 is 2.19 bits per heavy atom. The Kier molecular flexibility index (Phi) is 3.69. The normalized spacial score (nSPS) is 10.6. The van der Waals surface area contributed by atoms with Crippen LogP contribution in [-0.2, 0) is 6.42 Å². The zero-order chi connectivity index (χ0) is 11.4. The van der Waals surface area contributed by atoms with E-state index in [4.69, 9.17) is 0 Å². The molecule has 0 spiro atoms. The van der Waals surface area contributed by atoms with Crippen LogP contribution in [0.4, 0.5) is 0 Å². The van der Waals surface area contributed by atoms with Crippen molar-refractivity contribution in [1.29, 1.82) is 0 Å². The van der Waals surface area contributed by atoms with E-state index in [9.17, 15) is 0 Å². The first kappa shape index (κ1) is 11.3. The van der Waals surface area contributed by atoms with E-state index >= 15 is 0 Å². The molecule has 0 bridgehead atoms. The number of para-hydroxylation sites is 1. The lowest BCUT2D eigenvalue weighted by molar-refractivity contribution is 0.718. The van der Waals surface area contributed by atoms with Gasteiger partial charge in [-0.05, 0) is 35.1 Å². The lowest BCUT2D eigenvalue weighted by Gasteiger charge is -2.07. The number of likely N-dealkylation sites (N-methyl/N-ethyl adjacent to an activating group) is 1. The molecule has 5 heteroatoms.